The predicted molar refractivity (Wildman–Crippen MR) is 78.8 cm³/mol. The zero-order valence-electron chi connectivity index (χ0n) is 4.13. The molecule has 0 rings (SSSR count). The molecule has 0 spiro atoms. The molecule has 0 saturated carbocycles. The van der Waals surface area contributed by atoms with Gasteiger partial charge < -0.3 is 0 Å². The molecular formula is C2H14Cl8Si2. The molecule has 0 aromatic heterocycles. The second-order valence-corrected chi connectivity index (χ2v) is 18.3. The van der Waals surface area contributed by atoms with Crippen molar-refractivity contribution in [1.29, 1.82) is 0 Å². The first-order valence-electron chi connectivity index (χ1n) is 1.41. The van der Waals surface area contributed by atoms with E-state index in [4.69, 9.17) is 77.6 Å². The summed E-state index contributed by atoms with van der Waals surface area (Å²) in [6.07, 6.45) is 0. The maximum atomic E-state index is 4.97. The fraction of sp³-hybridized carbons (Fsp3) is 1.00. The maximum absolute atomic E-state index is 4.97. The lowest BCUT2D eigenvalue weighted by atomic mass is 12.0. The van der Waals surface area contributed by atoms with E-state index in [0.717, 1.165) is 0 Å². The van der Waals surface area contributed by atoms with Gasteiger partial charge in [0.2, 0.25) is 0 Å². The van der Waals surface area contributed by atoms with E-state index >= 15 is 0 Å². The molecular weight excluding hydrogens is 364 g/mol. The highest BCUT2D eigenvalue weighted by atomic mass is 36.0. The third-order valence-electron chi connectivity index (χ3n) is 0. The molecule has 0 nitrogen and oxygen atoms in total. The second-order valence-electron chi connectivity index (χ2n) is 0.676. The van der Waals surface area contributed by atoms with Gasteiger partial charge in [0.05, 0.1) is 0 Å². The minimum absolute atomic E-state index is 0. The van der Waals surface area contributed by atoms with Gasteiger partial charge in [-0.15, -0.1) is 90.0 Å². The first kappa shape index (κ1) is 29.3. The van der Waals surface area contributed by atoms with E-state index in [-0.39, 0.29) is 30.1 Å². The summed E-state index contributed by atoms with van der Waals surface area (Å²) >= 11 is 34.7. The molecule has 0 bridgehead atoms. The standard InChI is InChI=1S/2CH4.Cl4Si.Cl3HSi.ClH.2H2/c;;1-5(2,3)4;1-4(2)3;;;/h2*1H4;;4H;3*1H/i;;;;;1+1;. The van der Waals surface area contributed by atoms with E-state index in [1.807, 2.05) is 0 Å². The summed E-state index contributed by atoms with van der Waals surface area (Å²) in [5.74, 6) is 0. The molecule has 0 aromatic rings. The van der Waals surface area contributed by atoms with Crippen LogP contribution in [0.4, 0.5) is 0 Å². The van der Waals surface area contributed by atoms with Crippen LogP contribution in [0.1, 0.15) is 17.7 Å². The number of hydrogen-bond acceptors (Lipinski definition) is 0. The van der Waals surface area contributed by atoms with Crippen molar-refractivity contribution < 1.29 is 2.85 Å². The van der Waals surface area contributed by atoms with E-state index in [0.29, 0.717) is 0 Å². The van der Waals surface area contributed by atoms with Crippen molar-refractivity contribution in [2.45, 2.75) is 14.9 Å². The van der Waals surface area contributed by atoms with Gasteiger partial charge in [-0.25, -0.2) is 0 Å². The fourth-order valence-electron chi connectivity index (χ4n) is 0. The first-order chi connectivity index (χ1) is 3.73. The molecule has 0 fully saturated rings. The molecule has 0 radical (unpaired) electrons. The van der Waals surface area contributed by atoms with Gasteiger partial charge in [-0.05, 0) is 0 Å². The van der Waals surface area contributed by atoms with Gasteiger partial charge in [-0.3, -0.25) is 0 Å². The molecule has 0 heterocycles. The first-order valence-corrected chi connectivity index (χ1v) is 12.7. The number of hydrogen-bond donors (Lipinski definition) is 0. The van der Waals surface area contributed by atoms with Crippen LogP contribution in [0.3, 0.4) is 0 Å². The predicted octanol–water partition coefficient (Wildman–Crippen LogP) is 5.98. The summed E-state index contributed by atoms with van der Waals surface area (Å²) in [6.45, 7) is -1.72. The van der Waals surface area contributed by atoms with Crippen LogP contribution in [0.25, 0.3) is 0 Å². The Morgan fingerprint density at radius 3 is 0.917 bits per heavy atom. The molecule has 0 amide bonds. The van der Waals surface area contributed by atoms with Crippen LogP contribution in [0, 0.1) is 0 Å². The van der Waals surface area contributed by atoms with Crippen LogP contribution >= 0.6 is 90.0 Å². The number of halogens is 8. The van der Waals surface area contributed by atoms with Crippen molar-refractivity contribution in [1.82, 2.24) is 0 Å². The SMILES string of the molecule is C.C.Cl.Cl[SiH](Cl)Cl.Cl[Si](Cl)(Cl)Cl.[2HH].[HH]. The monoisotopic (exact) mass is 375 g/mol. The summed E-state index contributed by atoms with van der Waals surface area (Å²) in [4.78, 5) is 0. The second kappa shape index (κ2) is 16.2. The Labute approximate surface area is 119 Å². The van der Waals surface area contributed by atoms with Gasteiger partial charge in [0, 0.05) is 2.85 Å². The molecule has 0 aliphatic carbocycles. The van der Waals surface area contributed by atoms with Crippen molar-refractivity contribution >= 4 is 102 Å². The third-order valence-corrected chi connectivity index (χ3v) is 0. The highest BCUT2D eigenvalue weighted by Crippen LogP contribution is 2.23. The van der Waals surface area contributed by atoms with Crippen LogP contribution in [-0.2, 0) is 0 Å². The summed E-state index contributed by atoms with van der Waals surface area (Å²) in [5.41, 5.74) is 0. The Kier molecular flexibility index (Phi) is 39.6. The van der Waals surface area contributed by atoms with E-state index in [1.165, 1.54) is 0 Å². The van der Waals surface area contributed by atoms with Crippen molar-refractivity contribution in [3.05, 3.63) is 0 Å². The lowest BCUT2D eigenvalue weighted by molar-refractivity contribution is 2.50. The minimum atomic E-state index is -2.72. The Morgan fingerprint density at radius 2 is 0.917 bits per heavy atom. The van der Waals surface area contributed by atoms with Crippen molar-refractivity contribution in [2.24, 2.45) is 0 Å². The largest absolute Gasteiger partial charge is 0.440 e. The quantitative estimate of drug-likeness (QED) is 0.359. The van der Waals surface area contributed by atoms with Gasteiger partial charge in [0.25, 0.3) is 0 Å². The van der Waals surface area contributed by atoms with Crippen LogP contribution in [0.2, 0.25) is 0 Å². The summed E-state index contributed by atoms with van der Waals surface area (Å²) < 4.78 is 0. The molecule has 0 atom stereocenters. The van der Waals surface area contributed by atoms with Crippen molar-refractivity contribution in [3.63, 3.8) is 0 Å². The van der Waals surface area contributed by atoms with E-state index in [1.54, 1.807) is 0 Å². The smallest absolute Gasteiger partial charge is 0.147 e. The molecule has 0 aliphatic heterocycles. The third kappa shape index (κ3) is 232. The Balaban J connectivity index is -0.0000000104. The van der Waals surface area contributed by atoms with Gasteiger partial charge in [-0.1, -0.05) is 14.9 Å². The van der Waals surface area contributed by atoms with Gasteiger partial charge in [0.15, 0.2) is 0 Å². The zero-order chi connectivity index (χ0) is 8.08. The lowest BCUT2D eigenvalue weighted by Gasteiger charge is -1.85. The Bertz CT molecular complexity index is 60.1. The van der Waals surface area contributed by atoms with Crippen molar-refractivity contribution in [2.75, 3.05) is 0 Å². The highest BCUT2D eigenvalue weighted by molar-refractivity contribution is 7.81. The maximum Gasteiger partial charge on any atom is 0.440 e. The van der Waals surface area contributed by atoms with Gasteiger partial charge in [-0.2, -0.15) is 0 Å². The Morgan fingerprint density at radius 1 is 0.917 bits per heavy atom. The molecule has 12 heavy (non-hydrogen) atoms. The van der Waals surface area contributed by atoms with Crippen LogP contribution in [-0.4, -0.2) is 12.0 Å². The summed E-state index contributed by atoms with van der Waals surface area (Å²) in [5, 5.41) is -2.72. The van der Waals surface area contributed by atoms with Crippen LogP contribution in [0.15, 0.2) is 0 Å². The minimum Gasteiger partial charge on any atom is -0.147 e. The number of rotatable bonds is 0. The van der Waals surface area contributed by atoms with E-state index in [9.17, 15) is 0 Å². The van der Waals surface area contributed by atoms with Crippen LogP contribution < -0.4 is 0 Å². The fourth-order valence-corrected chi connectivity index (χ4v) is 0. The topological polar surface area (TPSA) is 0 Å². The van der Waals surface area contributed by atoms with Gasteiger partial charge in [0.1, 0.15) is 0 Å². The summed E-state index contributed by atoms with van der Waals surface area (Å²) in [6, 6.07) is 0. The molecule has 0 saturated heterocycles. The zero-order valence-corrected chi connectivity index (χ0v) is 12.4. The van der Waals surface area contributed by atoms with Crippen molar-refractivity contribution in [3.8, 4) is 0 Å². The highest BCUT2D eigenvalue weighted by Gasteiger charge is 2.19. The molecule has 0 unspecified atom stereocenters. The van der Waals surface area contributed by atoms with E-state index in [2.05, 4.69) is 0 Å². The molecule has 0 N–H and O–H groups in total. The molecule has 0 aromatic carbocycles. The average Bonchev–Trinajstić information content (AvgIpc) is 1.19. The lowest BCUT2D eigenvalue weighted by Crippen LogP contribution is -1.91. The van der Waals surface area contributed by atoms with Gasteiger partial charge >= 0.3 is 12.0 Å². The molecule has 10 heteroatoms. The summed E-state index contributed by atoms with van der Waals surface area (Å²) in [7, 11) is 0. The molecule has 0 aliphatic rings. The molecule has 86 valence electrons. The Hall–Kier alpha value is 2.75. The van der Waals surface area contributed by atoms with Crippen LogP contribution in [0.5, 0.6) is 0 Å². The van der Waals surface area contributed by atoms with E-state index < -0.39 is 12.0 Å². The normalized spacial score (nSPS) is 8.00. The average molecular weight is 379 g/mol.